The molecule has 1 aromatic rings. The van der Waals surface area contributed by atoms with Crippen molar-refractivity contribution in [3.63, 3.8) is 0 Å². The fraction of sp³-hybridized carbons (Fsp3) is 0.500. The second-order valence-electron chi connectivity index (χ2n) is 8.78. The summed E-state index contributed by atoms with van der Waals surface area (Å²) in [7, 11) is -2.97. The van der Waals surface area contributed by atoms with Crippen molar-refractivity contribution >= 4 is 15.9 Å². The summed E-state index contributed by atoms with van der Waals surface area (Å²) in [5, 5.41) is 23.1. The SMILES string of the molecule is Cc1nn([C@@H]2CCS(=O)(=O)C2)c(C)c1/C=C/C1=CC(=C(C#N)C#N)CC(C)(C)C1. The van der Waals surface area contributed by atoms with Gasteiger partial charge in [-0.2, -0.15) is 15.6 Å². The number of aromatic nitrogens is 2. The Morgan fingerprint density at radius 3 is 2.52 bits per heavy atom. The number of hydrogen-bond acceptors (Lipinski definition) is 5. The largest absolute Gasteiger partial charge is 0.265 e. The summed E-state index contributed by atoms with van der Waals surface area (Å²) in [5.41, 5.74) is 4.80. The molecule has 29 heavy (non-hydrogen) atoms. The number of aryl methyl sites for hydroxylation is 1. The van der Waals surface area contributed by atoms with Crippen LogP contribution in [0.25, 0.3) is 6.08 Å². The van der Waals surface area contributed by atoms with Crippen molar-refractivity contribution in [2.45, 2.75) is 53.0 Å². The molecule has 0 amide bonds. The first-order valence-corrected chi connectivity index (χ1v) is 11.6. The van der Waals surface area contributed by atoms with Gasteiger partial charge in [-0.1, -0.05) is 32.1 Å². The zero-order valence-corrected chi connectivity index (χ0v) is 18.2. The first-order chi connectivity index (χ1) is 13.5. The zero-order chi connectivity index (χ0) is 21.4. The molecule has 1 saturated heterocycles. The van der Waals surface area contributed by atoms with Crippen molar-refractivity contribution in [2.24, 2.45) is 5.41 Å². The molecule has 2 heterocycles. The summed E-state index contributed by atoms with van der Waals surface area (Å²) in [6, 6.07) is 3.90. The third-order valence-electron chi connectivity index (χ3n) is 5.66. The summed E-state index contributed by atoms with van der Waals surface area (Å²) < 4.78 is 25.5. The Kier molecular flexibility index (Phi) is 5.56. The van der Waals surface area contributed by atoms with Gasteiger partial charge in [0.2, 0.25) is 0 Å². The van der Waals surface area contributed by atoms with Crippen LogP contribution in [0, 0.1) is 41.9 Å². The Morgan fingerprint density at radius 2 is 1.93 bits per heavy atom. The van der Waals surface area contributed by atoms with E-state index in [2.05, 4.69) is 18.9 Å². The van der Waals surface area contributed by atoms with E-state index in [9.17, 15) is 18.9 Å². The highest BCUT2D eigenvalue weighted by Crippen LogP contribution is 2.39. The maximum Gasteiger partial charge on any atom is 0.152 e. The molecule has 0 radical (unpaired) electrons. The van der Waals surface area contributed by atoms with Crippen LogP contribution < -0.4 is 0 Å². The lowest BCUT2D eigenvalue weighted by Gasteiger charge is -2.30. The molecule has 0 bridgehead atoms. The number of sulfone groups is 1. The molecule has 1 fully saturated rings. The number of rotatable bonds is 3. The average molecular weight is 411 g/mol. The molecular weight excluding hydrogens is 384 g/mol. The summed E-state index contributed by atoms with van der Waals surface area (Å²) in [6.45, 7) is 8.17. The third-order valence-corrected chi connectivity index (χ3v) is 7.41. The molecule has 3 rings (SSSR count). The number of hydrogen-bond donors (Lipinski definition) is 0. The molecule has 152 valence electrons. The minimum atomic E-state index is -2.97. The lowest BCUT2D eigenvalue weighted by molar-refractivity contribution is 0.354. The van der Waals surface area contributed by atoms with Crippen LogP contribution in [0.2, 0.25) is 0 Å². The number of nitriles is 2. The normalized spacial score (nSPS) is 22.9. The Labute approximate surface area is 172 Å². The molecule has 7 heteroatoms. The fourth-order valence-electron chi connectivity index (χ4n) is 4.32. The summed E-state index contributed by atoms with van der Waals surface area (Å²) in [5.74, 6) is 0.370. The van der Waals surface area contributed by atoms with Gasteiger partial charge in [0, 0.05) is 11.3 Å². The molecule has 0 saturated carbocycles. The van der Waals surface area contributed by atoms with Crippen molar-refractivity contribution in [1.29, 1.82) is 10.5 Å². The predicted molar refractivity (Wildman–Crippen MR) is 112 cm³/mol. The van der Waals surface area contributed by atoms with Crippen molar-refractivity contribution < 1.29 is 8.42 Å². The zero-order valence-electron chi connectivity index (χ0n) is 17.4. The van der Waals surface area contributed by atoms with Crippen LogP contribution in [0.5, 0.6) is 0 Å². The second-order valence-corrected chi connectivity index (χ2v) is 11.0. The Morgan fingerprint density at radius 1 is 1.24 bits per heavy atom. The first kappa shape index (κ1) is 21.1. The highest BCUT2D eigenvalue weighted by molar-refractivity contribution is 7.91. The van der Waals surface area contributed by atoms with Gasteiger partial charge >= 0.3 is 0 Å². The van der Waals surface area contributed by atoms with Crippen molar-refractivity contribution in [3.05, 3.63) is 45.8 Å². The second kappa shape index (κ2) is 7.65. The first-order valence-electron chi connectivity index (χ1n) is 9.73. The van der Waals surface area contributed by atoms with Gasteiger partial charge in [0.1, 0.15) is 17.7 Å². The lowest BCUT2D eigenvalue weighted by atomic mass is 9.74. The minimum absolute atomic E-state index is 0.0326. The van der Waals surface area contributed by atoms with Gasteiger partial charge in [-0.3, -0.25) is 4.68 Å². The quantitative estimate of drug-likeness (QED) is 0.702. The molecule has 0 unspecified atom stereocenters. The third kappa shape index (κ3) is 4.52. The van der Waals surface area contributed by atoms with E-state index in [0.717, 1.165) is 34.5 Å². The lowest BCUT2D eigenvalue weighted by Crippen LogP contribution is -2.17. The highest BCUT2D eigenvalue weighted by Gasteiger charge is 2.31. The van der Waals surface area contributed by atoms with Gasteiger partial charge < -0.3 is 0 Å². The van der Waals surface area contributed by atoms with E-state index in [1.165, 1.54) is 0 Å². The van der Waals surface area contributed by atoms with E-state index in [0.29, 0.717) is 12.8 Å². The molecule has 1 aliphatic heterocycles. The maximum absolute atomic E-state index is 11.8. The smallest absolute Gasteiger partial charge is 0.152 e. The Hall–Kier alpha value is -2.64. The summed E-state index contributed by atoms with van der Waals surface area (Å²) >= 11 is 0. The molecule has 2 aliphatic rings. The van der Waals surface area contributed by atoms with Crippen LogP contribution in [-0.4, -0.2) is 29.7 Å². The van der Waals surface area contributed by atoms with E-state index in [1.54, 1.807) is 0 Å². The van der Waals surface area contributed by atoms with E-state index in [1.807, 2.05) is 48.9 Å². The van der Waals surface area contributed by atoms with Crippen molar-refractivity contribution in [3.8, 4) is 12.1 Å². The molecule has 1 atom stereocenters. The van der Waals surface area contributed by atoms with Crippen molar-refractivity contribution in [1.82, 2.24) is 9.78 Å². The Balaban J connectivity index is 1.93. The van der Waals surface area contributed by atoms with Gasteiger partial charge in [-0.15, -0.1) is 0 Å². The van der Waals surface area contributed by atoms with Gasteiger partial charge in [0.15, 0.2) is 9.84 Å². The highest BCUT2D eigenvalue weighted by atomic mass is 32.2. The number of allylic oxidation sites excluding steroid dienone is 5. The average Bonchev–Trinajstić information content (AvgIpc) is 3.12. The van der Waals surface area contributed by atoms with Crippen molar-refractivity contribution in [2.75, 3.05) is 11.5 Å². The molecule has 0 aromatic carbocycles. The maximum atomic E-state index is 11.8. The Bertz CT molecular complexity index is 1100. The topological polar surface area (TPSA) is 99.5 Å². The van der Waals surface area contributed by atoms with Crippen LogP contribution in [0.4, 0.5) is 0 Å². The van der Waals surface area contributed by atoms with Crippen LogP contribution in [-0.2, 0) is 9.84 Å². The van der Waals surface area contributed by atoms with Crippen LogP contribution in [0.1, 0.15) is 56.1 Å². The molecule has 0 spiro atoms. The summed E-state index contributed by atoms with van der Waals surface area (Å²) in [6.07, 6.45) is 8.15. The van der Waals surface area contributed by atoms with Gasteiger partial charge in [-0.05, 0) is 49.7 Å². The van der Waals surface area contributed by atoms with Gasteiger partial charge in [0.05, 0.1) is 23.2 Å². The van der Waals surface area contributed by atoms with Crippen LogP contribution in [0.3, 0.4) is 0 Å². The van der Waals surface area contributed by atoms with E-state index in [4.69, 9.17) is 0 Å². The van der Waals surface area contributed by atoms with E-state index >= 15 is 0 Å². The van der Waals surface area contributed by atoms with Gasteiger partial charge in [0.25, 0.3) is 0 Å². The van der Waals surface area contributed by atoms with Crippen LogP contribution in [0.15, 0.2) is 28.9 Å². The van der Waals surface area contributed by atoms with Gasteiger partial charge in [-0.25, -0.2) is 8.42 Å². The van der Waals surface area contributed by atoms with E-state index in [-0.39, 0.29) is 28.5 Å². The minimum Gasteiger partial charge on any atom is -0.265 e. The standard InChI is InChI=1S/C22H26N4O2S/c1-15-21(16(2)26(25-15)20-7-8-29(27,28)14-20)6-5-17-9-18(19(12-23)13-24)11-22(3,4)10-17/h5-6,9,20H,7-8,10-11,14H2,1-4H3/b6-5+/t20-/m1/s1. The molecular formula is C22H26N4O2S. The number of nitrogens with zero attached hydrogens (tertiary/aromatic N) is 4. The predicted octanol–water partition coefficient (Wildman–Crippen LogP) is 3.96. The summed E-state index contributed by atoms with van der Waals surface area (Å²) in [4.78, 5) is 0. The molecule has 6 nitrogen and oxygen atoms in total. The molecule has 1 aromatic heterocycles. The van der Waals surface area contributed by atoms with Crippen LogP contribution >= 0.6 is 0 Å². The fourth-order valence-corrected chi connectivity index (χ4v) is 6.02. The monoisotopic (exact) mass is 410 g/mol. The molecule has 1 aliphatic carbocycles. The molecule has 0 N–H and O–H groups in total. The van der Waals surface area contributed by atoms with E-state index < -0.39 is 9.84 Å².